The van der Waals surface area contributed by atoms with E-state index in [0.717, 1.165) is 70.6 Å². The first-order chi connectivity index (χ1) is 33.8. The lowest BCUT2D eigenvalue weighted by Gasteiger charge is -2.40. The minimum Gasteiger partial charge on any atom is -0.394 e. The standard InChI is InChI=1S/C60H111NO8/c1-3-5-7-9-11-13-15-17-19-21-23-25-26-27-28-30-31-33-35-37-39-41-43-45-47-49-54(63)53(52-68-60-59(67)58(66)57(65)55(51-62)69-60)61-56(64)50-48-46-44-42-40-38-36-34-32-29-24-22-20-18-16-14-12-10-8-6-4-2/h6,8,12,14,18,20,24,29,53-55,57-60,62-63,65-67H,3-5,7,9-11,13,15-17,19,21-23,25-28,30-52H2,1-2H3,(H,61,64)/b8-6-,14-12-,20-18-,29-24-. The van der Waals surface area contributed by atoms with Gasteiger partial charge in [-0.25, -0.2) is 0 Å². The minimum absolute atomic E-state index is 0.142. The molecule has 7 atom stereocenters. The largest absolute Gasteiger partial charge is 0.394 e. The van der Waals surface area contributed by atoms with Crippen molar-refractivity contribution in [2.75, 3.05) is 13.2 Å². The highest BCUT2D eigenvalue weighted by Gasteiger charge is 2.44. The fourth-order valence-electron chi connectivity index (χ4n) is 9.33. The first-order valence-corrected chi connectivity index (χ1v) is 29.3. The highest BCUT2D eigenvalue weighted by atomic mass is 16.7. The van der Waals surface area contributed by atoms with Crippen molar-refractivity contribution < 1.29 is 39.8 Å². The molecule has 9 heteroatoms. The van der Waals surface area contributed by atoms with Crippen LogP contribution in [0.15, 0.2) is 48.6 Å². The molecular formula is C60H111NO8. The number of unbranched alkanes of at least 4 members (excludes halogenated alkanes) is 32. The number of rotatable bonds is 50. The third-order valence-electron chi connectivity index (χ3n) is 13.9. The maximum Gasteiger partial charge on any atom is 0.220 e. The second-order valence-corrected chi connectivity index (χ2v) is 20.4. The molecule has 0 radical (unpaired) electrons. The van der Waals surface area contributed by atoms with Crippen LogP contribution < -0.4 is 5.32 Å². The lowest BCUT2D eigenvalue weighted by Crippen LogP contribution is -2.60. The second-order valence-electron chi connectivity index (χ2n) is 20.4. The van der Waals surface area contributed by atoms with E-state index in [1.807, 2.05) is 0 Å². The Bertz CT molecular complexity index is 1220. The third kappa shape index (κ3) is 39.4. The van der Waals surface area contributed by atoms with E-state index in [-0.39, 0.29) is 12.5 Å². The molecule has 1 amide bonds. The molecule has 1 heterocycles. The number of allylic oxidation sites excluding steroid dienone is 8. The SMILES string of the molecule is CC/C=C\C/C=C\C/C=C\C/C=C\CCCCCCCCCCC(=O)NC(COC1OC(CO)C(O)C(O)C1O)C(O)CCCCCCCCCCCCCCCCCCCCCCCCCCC. The van der Waals surface area contributed by atoms with Crippen LogP contribution in [0.5, 0.6) is 0 Å². The monoisotopic (exact) mass is 974 g/mol. The Labute approximate surface area is 424 Å². The number of aliphatic hydroxyl groups excluding tert-OH is 5. The number of hydrogen-bond donors (Lipinski definition) is 6. The molecular weight excluding hydrogens is 863 g/mol. The molecule has 0 saturated carbocycles. The highest BCUT2D eigenvalue weighted by Crippen LogP contribution is 2.23. The zero-order chi connectivity index (χ0) is 50.1. The lowest BCUT2D eigenvalue weighted by atomic mass is 9.99. The van der Waals surface area contributed by atoms with Crippen LogP contribution in [0.2, 0.25) is 0 Å². The van der Waals surface area contributed by atoms with Gasteiger partial charge in [-0.2, -0.15) is 0 Å². The topological polar surface area (TPSA) is 149 Å². The average Bonchev–Trinajstić information content (AvgIpc) is 3.35. The van der Waals surface area contributed by atoms with Gasteiger partial charge in [-0.05, 0) is 51.4 Å². The molecule has 1 rings (SSSR count). The highest BCUT2D eigenvalue weighted by molar-refractivity contribution is 5.76. The fraction of sp³-hybridized carbons (Fsp3) is 0.850. The molecule has 9 nitrogen and oxygen atoms in total. The average molecular weight is 975 g/mol. The van der Waals surface area contributed by atoms with E-state index in [1.165, 1.54) is 173 Å². The van der Waals surface area contributed by atoms with Crippen molar-refractivity contribution in [1.29, 1.82) is 0 Å². The number of amides is 1. The summed E-state index contributed by atoms with van der Waals surface area (Å²) in [5.41, 5.74) is 0. The van der Waals surface area contributed by atoms with Gasteiger partial charge in [0.25, 0.3) is 0 Å². The molecule has 0 aromatic heterocycles. The third-order valence-corrected chi connectivity index (χ3v) is 13.9. The summed E-state index contributed by atoms with van der Waals surface area (Å²) in [4.78, 5) is 13.1. The molecule has 1 saturated heterocycles. The quantitative estimate of drug-likeness (QED) is 0.0261. The van der Waals surface area contributed by atoms with Crippen LogP contribution >= 0.6 is 0 Å². The predicted octanol–water partition coefficient (Wildman–Crippen LogP) is 14.5. The normalized spacial score (nSPS) is 19.8. The second kappa shape index (κ2) is 49.7. The van der Waals surface area contributed by atoms with Gasteiger partial charge in [-0.1, -0.05) is 262 Å². The van der Waals surface area contributed by atoms with Crippen molar-refractivity contribution in [3.63, 3.8) is 0 Å². The van der Waals surface area contributed by atoms with E-state index in [1.54, 1.807) is 0 Å². The van der Waals surface area contributed by atoms with Gasteiger partial charge in [-0.15, -0.1) is 0 Å². The summed E-state index contributed by atoms with van der Waals surface area (Å²) >= 11 is 0. The molecule has 0 aliphatic carbocycles. The fourth-order valence-corrected chi connectivity index (χ4v) is 9.33. The van der Waals surface area contributed by atoms with Crippen molar-refractivity contribution >= 4 is 5.91 Å². The maximum atomic E-state index is 13.1. The number of ether oxygens (including phenoxy) is 2. The van der Waals surface area contributed by atoms with Gasteiger partial charge in [0.05, 0.1) is 25.4 Å². The summed E-state index contributed by atoms with van der Waals surface area (Å²) in [6, 6.07) is -0.726. The van der Waals surface area contributed by atoms with Crippen LogP contribution in [0.3, 0.4) is 0 Å². The smallest absolute Gasteiger partial charge is 0.220 e. The number of hydrogen-bond acceptors (Lipinski definition) is 8. The van der Waals surface area contributed by atoms with Crippen LogP contribution in [0, 0.1) is 0 Å². The molecule has 7 unspecified atom stereocenters. The minimum atomic E-state index is -1.56. The molecule has 1 aliphatic rings. The van der Waals surface area contributed by atoms with Crippen LogP contribution in [-0.4, -0.2) is 87.5 Å². The number of carbonyl (C=O) groups excluding carboxylic acids is 1. The predicted molar refractivity (Wildman–Crippen MR) is 290 cm³/mol. The zero-order valence-electron chi connectivity index (χ0n) is 44.8. The van der Waals surface area contributed by atoms with Crippen LogP contribution in [0.4, 0.5) is 0 Å². The summed E-state index contributed by atoms with van der Waals surface area (Å²) in [6.07, 6.45) is 58.5. The van der Waals surface area contributed by atoms with Crippen molar-refractivity contribution in [1.82, 2.24) is 5.32 Å². The summed E-state index contributed by atoms with van der Waals surface area (Å²) in [5.74, 6) is -0.151. The van der Waals surface area contributed by atoms with Gasteiger partial charge in [0.2, 0.25) is 5.91 Å². The van der Waals surface area contributed by atoms with Crippen LogP contribution in [-0.2, 0) is 14.3 Å². The van der Waals surface area contributed by atoms with Crippen LogP contribution in [0.1, 0.15) is 271 Å². The first-order valence-electron chi connectivity index (χ1n) is 29.3. The van der Waals surface area contributed by atoms with Crippen molar-refractivity contribution in [2.24, 2.45) is 0 Å². The molecule has 1 aliphatic heterocycles. The van der Waals surface area contributed by atoms with E-state index >= 15 is 0 Å². The van der Waals surface area contributed by atoms with Gasteiger partial charge in [0.1, 0.15) is 24.4 Å². The van der Waals surface area contributed by atoms with E-state index in [0.29, 0.717) is 12.8 Å². The Morgan fingerprint density at radius 2 is 0.899 bits per heavy atom. The number of aliphatic hydroxyl groups is 5. The molecule has 404 valence electrons. The van der Waals surface area contributed by atoms with Gasteiger partial charge in [-0.3, -0.25) is 4.79 Å². The van der Waals surface area contributed by atoms with E-state index < -0.39 is 49.5 Å². The van der Waals surface area contributed by atoms with Crippen LogP contribution in [0.25, 0.3) is 0 Å². The molecule has 0 aromatic carbocycles. The van der Waals surface area contributed by atoms with Gasteiger partial charge < -0.3 is 40.3 Å². The van der Waals surface area contributed by atoms with E-state index in [4.69, 9.17) is 9.47 Å². The molecule has 69 heavy (non-hydrogen) atoms. The Hall–Kier alpha value is -1.85. The van der Waals surface area contributed by atoms with E-state index in [9.17, 15) is 30.3 Å². The molecule has 0 spiro atoms. The van der Waals surface area contributed by atoms with E-state index in [2.05, 4.69) is 67.8 Å². The van der Waals surface area contributed by atoms with Gasteiger partial charge >= 0.3 is 0 Å². The molecule has 0 bridgehead atoms. The summed E-state index contributed by atoms with van der Waals surface area (Å²) < 4.78 is 11.3. The Morgan fingerprint density at radius 1 is 0.507 bits per heavy atom. The van der Waals surface area contributed by atoms with Crippen molar-refractivity contribution in [3.8, 4) is 0 Å². The zero-order valence-corrected chi connectivity index (χ0v) is 44.8. The summed E-state index contributed by atoms with van der Waals surface area (Å²) in [5, 5.41) is 54.7. The number of carbonyl (C=O) groups is 1. The first kappa shape index (κ1) is 65.2. The van der Waals surface area contributed by atoms with Gasteiger partial charge in [0, 0.05) is 6.42 Å². The van der Waals surface area contributed by atoms with Crippen molar-refractivity contribution in [2.45, 2.75) is 314 Å². The lowest BCUT2D eigenvalue weighted by molar-refractivity contribution is -0.302. The Morgan fingerprint density at radius 3 is 1.33 bits per heavy atom. The Balaban J connectivity index is 2.20. The van der Waals surface area contributed by atoms with Gasteiger partial charge in [0.15, 0.2) is 6.29 Å². The molecule has 6 N–H and O–H groups in total. The summed E-state index contributed by atoms with van der Waals surface area (Å²) in [7, 11) is 0. The summed E-state index contributed by atoms with van der Waals surface area (Å²) in [6.45, 7) is 3.75. The Kier molecular flexibility index (Phi) is 47.0. The molecule has 0 aromatic rings. The molecule has 1 fully saturated rings. The maximum absolute atomic E-state index is 13.1. The van der Waals surface area contributed by atoms with Crippen molar-refractivity contribution in [3.05, 3.63) is 48.6 Å². The number of nitrogens with one attached hydrogen (secondary N) is 1.